The Bertz CT molecular complexity index is 722. The zero-order chi connectivity index (χ0) is 16.6. The molecular formula is C19H23NO3. The van der Waals surface area contributed by atoms with Crippen molar-refractivity contribution in [3.63, 3.8) is 0 Å². The number of benzene rings is 1. The molecule has 0 radical (unpaired) electrons. The molecule has 0 amide bonds. The fourth-order valence-corrected chi connectivity index (χ4v) is 3.10. The Morgan fingerprint density at radius 3 is 2.48 bits per heavy atom. The molecule has 0 unspecified atom stereocenters. The number of aromatic nitrogens is 1. The summed E-state index contributed by atoms with van der Waals surface area (Å²) in [4.78, 5) is 12.5. The van der Waals surface area contributed by atoms with Crippen molar-refractivity contribution in [2.75, 3.05) is 7.11 Å². The highest BCUT2D eigenvalue weighted by molar-refractivity contribution is 6.01. The normalized spacial score (nSPS) is 14.0. The summed E-state index contributed by atoms with van der Waals surface area (Å²) < 4.78 is 7.42. The van der Waals surface area contributed by atoms with Gasteiger partial charge in [-0.1, -0.05) is 12.8 Å². The van der Waals surface area contributed by atoms with E-state index in [0.29, 0.717) is 23.7 Å². The van der Waals surface area contributed by atoms with E-state index in [4.69, 9.17) is 4.74 Å². The van der Waals surface area contributed by atoms with Crippen LogP contribution in [0.25, 0.3) is 5.69 Å². The number of phenolic OH excluding ortho intramolecular Hbond substituents is 1. The van der Waals surface area contributed by atoms with E-state index in [0.717, 1.165) is 23.5 Å². The third-order valence-corrected chi connectivity index (χ3v) is 4.57. The Labute approximate surface area is 136 Å². The minimum Gasteiger partial charge on any atom is -0.507 e. The maximum atomic E-state index is 12.5. The number of ether oxygens (including phenoxy) is 1. The van der Waals surface area contributed by atoms with E-state index in [9.17, 15) is 9.90 Å². The standard InChI is InChI=1S/C19H23NO3/c1-12-4-5-13(2)20(12)15-10-17(22)19(18(11-15)23-3)16(21)9-8-14-6-7-14/h4-5,10-11,14,22H,6-9H2,1-3H3. The average molecular weight is 313 g/mol. The van der Waals surface area contributed by atoms with E-state index >= 15 is 0 Å². The van der Waals surface area contributed by atoms with Crippen molar-refractivity contribution < 1.29 is 14.6 Å². The van der Waals surface area contributed by atoms with E-state index < -0.39 is 0 Å². The van der Waals surface area contributed by atoms with Gasteiger partial charge in [0.2, 0.25) is 0 Å². The van der Waals surface area contributed by atoms with Gasteiger partial charge in [0.05, 0.1) is 12.8 Å². The first kappa shape index (κ1) is 15.7. The molecule has 1 saturated carbocycles. The van der Waals surface area contributed by atoms with Crippen molar-refractivity contribution in [2.45, 2.75) is 39.5 Å². The summed E-state index contributed by atoms with van der Waals surface area (Å²) in [6, 6.07) is 7.51. The second-order valence-electron chi connectivity index (χ2n) is 6.40. The van der Waals surface area contributed by atoms with Gasteiger partial charge in [0.15, 0.2) is 5.78 Å². The first-order chi connectivity index (χ1) is 11.0. The van der Waals surface area contributed by atoms with Crippen LogP contribution in [0.1, 0.15) is 47.4 Å². The lowest BCUT2D eigenvalue weighted by Crippen LogP contribution is -2.06. The van der Waals surface area contributed by atoms with E-state index in [2.05, 4.69) is 0 Å². The monoisotopic (exact) mass is 313 g/mol. The molecule has 1 heterocycles. The smallest absolute Gasteiger partial charge is 0.170 e. The van der Waals surface area contributed by atoms with Gasteiger partial charge in [-0.05, 0) is 38.3 Å². The van der Waals surface area contributed by atoms with Gasteiger partial charge in [-0.3, -0.25) is 4.79 Å². The molecule has 1 aliphatic carbocycles. The van der Waals surface area contributed by atoms with Gasteiger partial charge in [0, 0.05) is 29.9 Å². The fourth-order valence-electron chi connectivity index (χ4n) is 3.10. The van der Waals surface area contributed by atoms with Crippen LogP contribution in [0.2, 0.25) is 0 Å². The van der Waals surface area contributed by atoms with E-state index in [-0.39, 0.29) is 11.5 Å². The predicted molar refractivity (Wildman–Crippen MR) is 89.7 cm³/mol. The summed E-state index contributed by atoms with van der Waals surface area (Å²) in [5.74, 6) is 1.08. The molecule has 1 aromatic heterocycles. The van der Waals surface area contributed by atoms with Crippen molar-refractivity contribution >= 4 is 5.78 Å². The lowest BCUT2D eigenvalue weighted by atomic mass is 10.0. The minimum atomic E-state index is -0.0428. The number of methoxy groups -OCH3 is 1. The number of phenols is 1. The second-order valence-corrected chi connectivity index (χ2v) is 6.40. The zero-order valence-corrected chi connectivity index (χ0v) is 13.9. The number of nitrogens with zero attached hydrogens (tertiary/aromatic N) is 1. The van der Waals surface area contributed by atoms with E-state index in [1.165, 1.54) is 20.0 Å². The SMILES string of the molecule is COc1cc(-n2c(C)ccc2C)cc(O)c1C(=O)CCC1CC1. The number of carbonyl (C=O) groups is 1. The molecular weight excluding hydrogens is 290 g/mol. The van der Waals surface area contributed by atoms with Crippen molar-refractivity contribution in [1.82, 2.24) is 4.57 Å². The first-order valence-electron chi connectivity index (χ1n) is 8.10. The van der Waals surface area contributed by atoms with Crippen LogP contribution in [-0.2, 0) is 0 Å². The number of hydrogen-bond donors (Lipinski definition) is 1. The molecule has 1 aliphatic rings. The zero-order valence-electron chi connectivity index (χ0n) is 13.9. The van der Waals surface area contributed by atoms with Crippen LogP contribution in [0.15, 0.2) is 24.3 Å². The van der Waals surface area contributed by atoms with Crippen LogP contribution in [0, 0.1) is 19.8 Å². The molecule has 3 rings (SSSR count). The van der Waals surface area contributed by atoms with Gasteiger partial charge in [0.1, 0.15) is 17.1 Å². The van der Waals surface area contributed by atoms with Crippen LogP contribution in [-0.4, -0.2) is 22.6 Å². The topological polar surface area (TPSA) is 51.5 Å². The summed E-state index contributed by atoms with van der Waals surface area (Å²) in [7, 11) is 1.53. The number of aryl methyl sites for hydroxylation is 2. The number of carbonyl (C=O) groups excluding carboxylic acids is 1. The molecule has 2 aromatic rings. The first-order valence-corrected chi connectivity index (χ1v) is 8.10. The van der Waals surface area contributed by atoms with Gasteiger partial charge in [-0.15, -0.1) is 0 Å². The van der Waals surface area contributed by atoms with Crippen LogP contribution in [0.5, 0.6) is 11.5 Å². The molecule has 4 heteroatoms. The number of Topliss-reactive ketones (excluding diaryl/α,β-unsaturated/α-hetero) is 1. The highest BCUT2D eigenvalue weighted by atomic mass is 16.5. The van der Waals surface area contributed by atoms with E-state index in [1.807, 2.05) is 36.6 Å². The van der Waals surface area contributed by atoms with Crippen molar-refractivity contribution in [2.24, 2.45) is 5.92 Å². The number of hydrogen-bond acceptors (Lipinski definition) is 3. The maximum Gasteiger partial charge on any atom is 0.170 e. The Balaban J connectivity index is 1.96. The molecule has 0 saturated heterocycles. The molecule has 23 heavy (non-hydrogen) atoms. The largest absolute Gasteiger partial charge is 0.507 e. The van der Waals surface area contributed by atoms with Crippen LogP contribution < -0.4 is 4.74 Å². The lowest BCUT2D eigenvalue weighted by molar-refractivity contribution is 0.0972. The Morgan fingerprint density at radius 1 is 1.26 bits per heavy atom. The number of ketones is 1. The lowest BCUT2D eigenvalue weighted by Gasteiger charge is -2.15. The van der Waals surface area contributed by atoms with Gasteiger partial charge < -0.3 is 14.4 Å². The molecule has 1 fully saturated rings. The Hall–Kier alpha value is -2.23. The van der Waals surface area contributed by atoms with Crippen molar-refractivity contribution in [3.8, 4) is 17.2 Å². The second kappa shape index (κ2) is 6.11. The molecule has 1 aromatic carbocycles. The van der Waals surface area contributed by atoms with Crippen molar-refractivity contribution in [1.29, 1.82) is 0 Å². The predicted octanol–water partition coefficient (Wildman–Crippen LogP) is 4.18. The van der Waals surface area contributed by atoms with Gasteiger partial charge in [0.25, 0.3) is 0 Å². The van der Waals surface area contributed by atoms with Crippen LogP contribution >= 0.6 is 0 Å². The van der Waals surface area contributed by atoms with Gasteiger partial charge in [-0.25, -0.2) is 0 Å². The summed E-state index contributed by atoms with van der Waals surface area (Å²) in [6.07, 6.45) is 3.82. The van der Waals surface area contributed by atoms with Crippen LogP contribution in [0.3, 0.4) is 0 Å². The molecule has 4 nitrogen and oxygen atoms in total. The molecule has 0 aliphatic heterocycles. The highest BCUT2D eigenvalue weighted by Crippen LogP contribution is 2.37. The quantitative estimate of drug-likeness (QED) is 0.814. The molecule has 0 spiro atoms. The van der Waals surface area contributed by atoms with Gasteiger partial charge in [-0.2, -0.15) is 0 Å². The van der Waals surface area contributed by atoms with Gasteiger partial charge >= 0.3 is 0 Å². The third-order valence-electron chi connectivity index (χ3n) is 4.57. The molecule has 1 N–H and O–H groups in total. The Kier molecular flexibility index (Phi) is 4.16. The number of aromatic hydroxyl groups is 1. The molecule has 0 bridgehead atoms. The summed E-state index contributed by atoms with van der Waals surface area (Å²) in [6.45, 7) is 4.01. The summed E-state index contributed by atoms with van der Waals surface area (Å²) in [5.41, 5.74) is 3.24. The molecule has 0 atom stereocenters. The highest BCUT2D eigenvalue weighted by Gasteiger charge is 2.25. The Morgan fingerprint density at radius 2 is 1.91 bits per heavy atom. The average Bonchev–Trinajstić information content (AvgIpc) is 3.28. The summed E-state index contributed by atoms with van der Waals surface area (Å²) >= 11 is 0. The fraction of sp³-hybridized carbons (Fsp3) is 0.421. The van der Waals surface area contributed by atoms with Crippen LogP contribution in [0.4, 0.5) is 0 Å². The number of rotatable bonds is 6. The summed E-state index contributed by atoms with van der Waals surface area (Å²) in [5, 5.41) is 10.4. The maximum absolute atomic E-state index is 12.5. The van der Waals surface area contributed by atoms with E-state index in [1.54, 1.807) is 6.07 Å². The minimum absolute atomic E-state index is 0.00681. The third kappa shape index (κ3) is 3.11. The van der Waals surface area contributed by atoms with Crippen molar-refractivity contribution in [3.05, 3.63) is 41.2 Å². The molecule has 122 valence electrons.